The maximum Gasteiger partial charge on any atom is 0.234 e. The number of hydrogen-bond acceptors (Lipinski definition) is 7. The normalized spacial score (nSPS) is 14.9. The van der Waals surface area contributed by atoms with Gasteiger partial charge in [-0.25, -0.2) is 9.51 Å². The predicted octanol–water partition coefficient (Wildman–Crippen LogP) is 4.47. The average molecular weight is 434 g/mol. The van der Waals surface area contributed by atoms with E-state index >= 15 is 0 Å². The number of fused-ring (bicyclic) bond motifs is 1. The van der Waals surface area contributed by atoms with E-state index in [0.29, 0.717) is 3.95 Å². The van der Waals surface area contributed by atoms with Gasteiger partial charge in [-0.2, -0.15) is 0 Å². The highest BCUT2D eigenvalue weighted by Gasteiger charge is 2.15. The highest BCUT2D eigenvalue weighted by atomic mass is 32.1. The van der Waals surface area contributed by atoms with E-state index in [2.05, 4.69) is 72.6 Å². The van der Waals surface area contributed by atoms with E-state index in [1.165, 1.54) is 17.0 Å². The lowest BCUT2D eigenvalue weighted by atomic mass is 10.1. The summed E-state index contributed by atoms with van der Waals surface area (Å²) in [6.45, 7) is 0.738. The van der Waals surface area contributed by atoms with Gasteiger partial charge in [0.05, 0.1) is 18.6 Å². The molecule has 5 rings (SSSR count). The van der Waals surface area contributed by atoms with Crippen LogP contribution in [0.3, 0.4) is 0 Å². The lowest BCUT2D eigenvalue weighted by Crippen LogP contribution is -2.17. The molecule has 1 N–H and O–H groups in total. The molecule has 9 heteroatoms. The second-order valence-electron chi connectivity index (χ2n) is 7.18. The zero-order valence-electron chi connectivity index (χ0n) is 16.5. The summed E-state index contributed by atoms with van der Waals surface area (Å²) in [6.07, 6.45) is 4.00. The van der Waals surface area contributed by atoms with Gasteiger partial charge in [-0.3, -0.25) is 5.10 Å². The van der Waals surface area contributed by atoms with Crippen molar-refractivity contribution in [1.29, 1.82) is 0 Å². The number of nitrogens with zero attached hydrogens (tertiary/aromatic N) is 6. The van der Waals surface area contributed by atoms with E-state index in [4.69, 9.17) is 12.2 Å². The quantitative estimate of drug-likeness (QED) is 0.481. The molecule has 0 spiro atoms. The molecule has 0 saturated carbocycles. The summed E-state index contributed by atoms with van der Waals surface area (Å²) in [5, 5.41) is 11.5. The van der Waals surface area contributed by atoms with Crippen molar-refractivity contribution in [2.75, 3.05) is 30.4 Å². The van der Waals surface area contributed by atoms with E-state index in [1.54, 1.807) is 0 Å². The summed E-state index contributed by atoms with van der Waals surface area (Å²) in [5.41, 5.74) is 5.41. The van der Waals surface area contributed by atoms with Crippen molar-refractivity contribution in [3.63, 3.8) is 0 Å². The fourth-order valence-corrected chi connectivity index (χ4v) is 4.25. The van der Waals surface area contributed by atoms with Crippen molar-refractivity contribution >= 4 is 52.3 Å². The van der Waals surface area contributed by atoms with Crippen LogP contribution < -0.4 is 9.80 Å². The molecular weight excluding hydrogens is 414 g/mol. The molecule has 30 heavy (non-hydrogen) atoms. The molecule has 1 aliphatic heterocycles. The maximum absolute atomic E-state index is 5.19. The van der Waals surface area contributed by atoms with Crippen molar-refractivity contribution in [1.82, 2.24) is 19.8 Å². The Hall–Kier alpha value is -3.30. The van der Waals surface area contributed by atoms with Crippen molar-refractivity contribution in [3.8, 4) is 11.4 Å². The summed E-state index contributed by atoms with van der Waals surface area (Å²) in [4.78, 5) is 9.55. The first-order chi connectivity index (χ1) is 14.6. The summed E-state index contributed by atoms with van der Waals surface area (Å²) < 4.78 is 2.50. The summed E-state index contributed by atoms with van der Waals surface area (Å²) in [5.74, 6) is 0.751. The van der Waals surface area contributed by atoms with Crippen LogP contribution in [-0.4, -0.2) is 46.8 Å². The van der Waals surface area contributed by atoms with Crippen LogP contribution in [0.1, 0.15) is 5.56 Å². The molecule has 0 atom stereocenters. The molecule has 0 amide bonds. The minimum absolute atomic E-state index is 0.682. The molecule has 2 aromatic heterocycles. The number of H-pyrrole nitrogens is 1. The van der Waals surface area contributed by atoms with Crippen LogP contribution in [0, 0.1) is 3.95 Å². The van der Waals surface area contributed by atoms with Gasteiger partial charge in [-0.05, 0) is 60.3 Å². The number of hydrogen-bond donors (Lipinski definition) is 1. The highest BCUT2D eigenvalue weighted by Crippen LogP contribution is 2.25. The van der Waals surface area contributed by atoms with Gasteiger partial charge in [-0.15, -0.1) is 10.2 Å². The van der Waals surface area contributed by atoms with Gasteiger partial charge in [0.25, 0.3) is 0 Å². The van der Waals surface area contributed by atoms with Crippen LogP contribution in [0.25, 0.3) is 22.4 Å². The number of rotatable bonds is 4. The van der Waals surface area contributed by atoms with Gasteiger partial charge in [0.2, 0.25) is 4.96 Å². The van der Waals surface area contributed by atoms with Crippen LogP contribution in [0.2, 0.25) is 0 Å². The van der Waals surface area contributed by atoms with Crippen LogP contribution in [0.15, 0.2) is 59.2 Å². The fraction of sp³-hybridized carbons (Fsp3) is 0.143. The zero-order valence-corrected chi connectivity index (χ0v) is 18.1. The molecule has 1 aliphatic rings. The van der Waals surface area contributed by atoms with Gasteiger partial charge in [0.15, 0.2) is 9.78 Å². The average Bonchev–Trinajstić information content (AvgIpc) is 3.44. The van der Waals surface area contributed by atoms with E-state index in [9.17, 15) is 0 Å². The lowest BCUT2D eigenvalue weighted by molar-refractivity contribution is 0.958. The van der Waals surface area contributed by atoms with E-state index in [0.717, 1.165) is 39.8 Å². The molecule has 2 aromatic carbocycles. The molecule has 0 fully saturated rings. The molecule has 3 heterocycles. The van der Waals surface area contributed by atoms with Gasteiger partial charge in [0, 0.05) is 31.0 Å². The third-order valence-corrected chi connectivity index (χ3v) is 5.98. The summed E-state index contributed by atoms with van der Waals surface area (Å²) in [7, 11) is 4.08. The molecular formula is C21H19N7S2. The van der Waals surface area contributed by atoms with E-state index in [-0.39, 0.29) is 0 Å². The first kappa shape index (κ1) is 18.7. The molecule has 0 aliphatic carbocycles. The fourth-order valence-electron chi connectivity index (χ4n) is 3.32. The van der Waals surface area contributed by atoms with Crippen molar-refractivity contribution in [3.05, 3.63) is 63.7 Å². The van der Waals surface area contributed by atoms with E-state index < -0.39 is 0 Å². The third-order valence-electron chi connectivity index (χ3n) is 4.92. The first-order valence-electron chi connectivity index (χ1n) is 9.40. The first-order valence-corrected chi connectivity index (χ1v) is 10.6. The van der Waals surface area contributed by atoms with Crippen molar-refractivity contribution in [2.24, 2.45) is 4.99 Å². The molecule has 4 aromatic rings. The topological polar surface area (TPSA) is 64.8 Å². The third kappa shape index (κ3) is 3.53. The number of nitrogens with one attached hydrogen (secondary N) is 1. The monoisotopic (exact) mass is 433 g/mol. The second-order valence-corrected chi connectivity index (χ2v) is 8.83. The standard InChI is InChI=1S/C21H19N7S2/c1-26(2)17-7-3-14(4-8-17)11-16-12-27(13-22-16)18-9-5-15(6-10-18)19-23-24-20-28(19)25-21(29)30-20/h3-11,13H,12H2,1-2H3,(H,25,29)/b16-11+. The summed E-state index contributed by atoms with van der Waals surface area (Å²) >= 11 is 6.60. The maximum atomic E-state index is 5.19. The molecule has 0 unspecified atom stereocenters. The Balaban J connectivity index is 1.32. The Morgan fingerprint density at radius 1 is 1.07 bits per heavy atom. The van der Waals surface area contributed by atoms with Gasteiger partial charge in [0.1, 0.15) is 0 Å². The van der Waals surface area contributed by atoms with Crippen LogP contribution in [0.5, 0.6) is 0 Å². The number of aromatic amines is 1. The Labute approximate surface area is 182 Å². The zero-order chi connectivity index (χ0) is 20.7. The predicted molar refractivity (Wildman–Crippen MR) is 126 cm³/mol. The van der Waals surface area contributed by atoms with Crippen LogP contribution >= 0.6 is 23.6 Å². The molecule has 0 bridgehead atoms. The number of aromatic nitrogens is 4. The second kappa shape index (κ2) is 7.51. The number of aliphatic imine (C=N–C) groups is 1. The summed E-state index contributed by atoms with van der Waals surface area (Å²) in [6, 6.07) is 16.7. The van der Waals surface area contributed by atoms with Crippen molar-refractivity contribution < 1.29 is 0 Å². The highest BCUT2D eigenvalue weighted by molar-refractivity contribution is 7.73. The van der Waals surface area contributed by atoms with Gasteiger partial charge < -0.3 is 9.80 Å². The molecule has 0 saturated heterocycles. The number of benzene rings is 2. The molecule has 150 valence electrons. The lowest BCUT2D eigenvalue weighted by Gasteiger charge is -2.14. The molecule has 0 radical (unpaired) electrons. The Morgan fingerprint density at radius 2 is 1.83 bits per heavy atom. The van der Waals surface area contributed by atoms with Crippen LogP contribution in [0.4, 0.5) is 11.4 Å². The Bertz CT molecular complexity index is 1310. The van der Waals surface area contributed by atoms with Gasteiger partial charge >= 0.3 is 0 Å². The SMILES string of the molecule is CN(C)c1ccc(/C=C2\CN(c3ccc(-c4nnc5sc(=S)[nH]n45)cc3)C=N2)cc1. The minimum Gasteiger partial charge on any atom is -0.378 e. The number of anilines is 2. The van der Waals surface area contributed by atoms with Gasteiger partial charge in [-0.1, -0.05) is 23.5 Å². The Kier molecular flexibility index (Phi) is 4.68. The smallest absolute Gasteiger partial charge is 0.234 e. The minimum atomic E-state index is 0.682. The molecule has 7 nitrogen and oxygen atoms in total. The van der Waals surface area contributed by atoms with Crippen molar-refractivity contribution in [2.45, 2.75) is 0 Å². The van der Waals surface area contributed by atoms with Crippen LogP contribution in [-0.2, 0) is 0 Å². The Morgan fingerprint density at radius 3 is 2.57 bits per heavy atom. The largest absolute Gasteiger partial charge is 0.378 e. The van der Waals surface area contributed by atoms with E-state index in [1.807, 2.05) is 37.1 Å².